The highest BCUT2D eigenvalue weighted by molar-refractivity contribution is 6.24. The molecule has 0 unspecified atom stereocenters. The number of Topliss-reactive ketones (excluding diaryl/α,β-unsaturated/α-hetero) is 2. The summed E-state index contributed by atoms with van der Waals surface area (Å²) >= 11 is 0. The maximum atomic E-state index is 13.8. The lowest BCUT2D eigenvalue weighted by atomic mass is 9.57. The van der Waals surface area contributed by atoms with Gasteiger partial charge in [-0.3, -0.25) is 19.3 Å². The third kappa shape index (κ3) is 2.64. The van der Waals surface area contributed by atoms with E-state index in [1.165, 1.54) is 19.0 Å². The molecule has 1 fully saturated rings. The molecule has 0 aromatic heterocycles. The van der Waals surface area contributed by atoms with Gasteiger partial charge in [-0.25, -0.2) is 4.39 Å². The second kappa shape index (κ2) is 6.63. The Bertz CT molecular complexity index is 1120. The van der Waals surface area contributed by atoms with Crippen molar-refractivity contribution in [2.24, 2.45) is 17.6 Å². The fourth-order valence-electron chi connectivity index (χ4n) is 5.23. The van der Waals surface area contributed by atoms with E-state index in [1.807, 2.05) is 0 Å². The number of primary amides is 1. The Hall–Kier alpha value is -3.24. The van der Waals surface area contributed by atoms with Crippen LogP contribution in [0.4, 0.5) is 4.39 Å². The fourth-order valence-corrected chi connectivity index (χ4v) is 5.23. The normalized spacial score (nSPS) is 30.3. The van der Waals surface area contributed by atoms with Gasteiger partial charge < -0.3 is 26.2 Å². The van der Waals surface area contributed by atoms with Crippen LogP contribution in [0.5, 0.6) is 5.75 Å². The van der Waals surface area contributed by atoms with Crippen molar-refractivity contribution in [1.29, 1.82) is 0 Å². The summed E-state index contributed by atoms with van der Waals surface area (Å²) in [4.78, 5) is 39.7. The Balaban J connectivity index is 1.98. The van der Waals surface area contributed by atoms with E-state index in [0.717, 1.165) is 12.1 Å². The number of aliphatic hydroxyl groups excluding tert-OH is 2. The third-order valence-electron chi connectivity index (χ3n) is 6.49. The van der Waals surface area contributed by atoms with Crippen molar-refractivity contribution in [2.45, 2.75) is 24.5 Å². The van der Waals surface area contributed by atoms with Gasteiger partial charge in [-0.2, -0.15) is 0 Å². The number of rotatable bonds is 2. The Labute approximate surface area is 175 Å². The van der Waals surface area contributed by atoms with Crippen LogP contribution in [0.15, 0.2) is 29.0 Å². The number of fused-ring (bicyclic) bond motifs is 3. The van der Waals surface area contributed by atoms with E-state index in [1.54, 1.807) is 0 Å². The molecule has 9 nitrogen and oxygen atoms in total. The summed E-state index contributed by atoms with van der Waals surface area (Å²) in [6.07, 6.45) is 0.0168. The third-order valence-corrected chi connectivity index (χ3v) is 6.49. The zero-order valence-corrected chi connectivity index (χ0v) is 16.7. The second-order valence-corrected chi connectivity index (χ2v) is 8.42. The zero-order chi connectivity index (χ0) is 23.0. The molecule has 4 rings (SSSR count). The number of nitrogens with zero attached hydrogens (tertiary/aromatic N) is 1. The first-order valence-electron chi connectivity index (χ1n) is 9.57. The van der Waals surface area contributed by atoms with Gasteiger partial charge in [0.25, 0.3) is 5.91 Å². The molecule has 1 aromatic rings. The number of hydrogen-bond acceptors (Lipinski definition) is 8. The number of aliphatic hydroxyl groups is 3. The molecular formula is C21H21FN2O7. The summed E-state index contributed by atoms with van der Waals surface area (Å²) < 4.78 is 13.8. The van der Waals surface area contributed by atoms with Crippen molar-refractivity contribution in [1.82, 2.24) is 4.90 Å². The molecule has 1 amide bonds. The SMILES string of the molecule is CN(C)[C@@H]1C(=O)C(C(N)=O)=C(O)[C@@]2(O)C(=O)C3=C(O)c4c(O)cc(F)cc4C[C@H]3C[C@@H]12. The number of likely N-dealkylation sites (N-methyl/N-ethyl adjacent to an activating group) is 1. The number of halogens is 1. The average molecular weight is 432 g/mol. The summed E-state index contributed by atoms with van der Waals surface area (Å²) in [5.41, 5.74) is 1.55. The maximum Gasteiger partial charge on any atom is 0.255 e. The van der Waals surface area contributed by atoms with Crippen molar-refractivity contribution in [3.05, 3.63) is 46.0 Å². The van der Waals surface area contributed by atoms with E-state index in [4.69, 9.17) is 5.73 Å². The molecule has 1 saturated carbocycles. The van der Waals surface area contributed by atoms with Gasteiger partial charge in [0.1, 0.15) is 28.7 Å². The van der Waals surface area contributed by atoms with Gasteiger partial charge in [-0.15, -0.1) is 0 Å². The van der Waals surface area contributed by atoms with Crippen LogP contribution in [0.2, 0.25) is 0 Å². The molecular weight excluding hydrogens is 411 g/mol. The standard InChI is InChI=1S/C21H21FN2O7/c1-24(2)15-10-5-8-3-7-4-9(22)6-11(25)12(7)16(26)13(8)18(28)21(10,31)19(29)14(17(15)27)20(23)30/h4,6,8,10,15,25-26,29,31H,3,5H2,1-2H3,(H2,23,30)/t8-,10-,15-,21-/m0/s1. The van der Waals surface area contributed by atoms with E-state index >= 15 is 0 Å². The largest absolute Gasteiger partial charge is 0.508 e. The molecule has 0 radical (unpaired) electrons. The molecule has 4 atom stereocenters. The number of phenolic OH excluding ortho intramolecular Hbond substituents is 1. The number of benzene rings is 1. The van der Waals surface area contributed by atoms with Gasteiger partial charge in [0.05, 0.1) is 11.6 Å². The minimum absolute atomic E-state index is 0.0387. The summed E-state index contributed by atoms with van der Waals surface area (Å²) in [5.74, 6) is -8.19. The zero-order valence-electron chi connectivity index (χ0n) is 16.7. The Morgan fingerprint density at radius 2 is 1.87 bits per heavy atom. The van der Waals surface area contributed by atoms with Gasteiger partial charge in [0.2, 0.25) is 5.78 Å². The molecule has 10 heteroatoms. The summed E-state index contributed by atoms with van der Waals surface area (Å²) in [6.45, 7) is 0. The molecule has 0 aliphatic heterocycles. The monoisotopic (exact) mass is 432 g/mol. The van der Waals surface area contributed by atoms with Crippen LogP contribution in [0.1, 0.15) is 17.5 Å². The Morgan fingerprint density at radius 1 is 1.23 bits per heavy atom. The molecule has 0 bridgehead atoms. The lowest BCUT2D eigenvalue weighted by Crippen LogP contribution is -2.65. The quantitative estimate of drug-likeness (QED) is 0.411. The number of amides is 1. The molecule has 6 N–H and O–H groups in total. The second-order valence-electron chi connectivity index (χ2n) is 8.42. The highest BCUT2D eigenvalue weighted by Crippen LogP contribution is 2.52. The lowest BCUT2D eigenvalue weighted by Gasteiger charge is -2.50. The number of nitrogens with two attached hydrogens (primary N) is 1. The van der Waals surface area contributed by atoms with Gasteiger partial charge >= 0.3 is 0 Å². The van der Waals surface area contributed by atoms with Crippen molar-refractivity contribution in [3.63, 3.8) is 0 Å². The molecule has 0 saturated heterocycles. The van der Waals surface area contributed by atoms with Crippen molar-refractivity contribution < 1.29 is 39.2 Å². The number of carbonyl (C=O) groups is 3. The van der Waals surface area contributed by atoms with Gasteiger partial charge in [0, 0.05) is 17.6 Å². The van der Waals surface area contributed by atoms with Crippen LogP contribution in [-0.4, -0.2) is 68.5 Å². The lowest BCUT2D eigenvalue weighted by molar-refractivity contribution is -0.153. The smallest absolute Gasteiger partial charge is 0.255 e. The predicted molar refractivity (Wildman–Crippen MR) is 104 cm³/mol. The summed E-state index contributed by atoms with van der Waals surface area (Å²) in [5, 5.41) is 43.0. The molecule has 3 aliphatic carbocycles. The Morgan fingerprint density at radius 3 is 2.45 bits per heavy atom. The molecule has 31 heavy (non-hydrogen) atoms. The maximum absolute atomic E-state index is 13.8. The predicted octanol–water partition coefficient (Wildman–Crippen LogP) is 0.103. The van der Waals surface area contributed by atoms with Crippen molar-refractivity contribution in [3.8, 4) is 5.75 Å². The van der Waals surface area contributed by atoms with E-state index in [0.29, 0.717) is 0 Å². The first-order chi connectivity index (χ1) is 14.4. The summed E-state index contributed by atoms with van der Waals surface area (Å²) in [7, 11) is 3.03. The van der Waals surface area contributed by atoms with E-state index in [9.17, 15) is 39.2 Å². The van der Waals surface area contributed by atoms with Crippen LogP contribution >= 0.6 is 0 Å². The van der Waals surface area contributed by atoms with Gasteiger partial charge in [-0.05, 0) is 44.5 Å². The molecule has 3 aliphatic rings. The van der Waals surface area contributed by atoms with Crippen molar-refractivity contribution in [2.75, 3.05) is 14.1 Å². The number of hydrogen-bond donors (Lipinski definition) is 5. The number of ketones is 2. The number of carbonyl (C=O) groups excluding carboxylic acids is 3. The van der Waals surface area contributed by atoms with Gasteiger partial charge in [-0.1, -0.05) is 0 Å². The van der Waals surface area contributed by atoms with E-state index in [-0.39, 0.29) is 29.5 Å². The first kappa shape index (κ1) is 21.0. The van der Waals surface area contributed by atoms with Crippen LogP contribution < -0.4 is 5.73 Å². The van der Waals surface area contributed by atoms with Crippen molar-refractivity contribution >= 4 is 23.2 Å². The molecule has 164 valence electrons. The molecule has 0 heterocycles. The Kier molecular flexibility index (Phi) is 4.49. The first-order valence-corrected chi connectivity index (χ1v) is 9.57. The van der Waals surface area contributed by atoms with Gasteiger partial charge in [0.15, 0.2) is 11.4 Å². The average Bonchev–Trinajstić information content (AvgIpc) is 2.63. The van der Waals surface area contributed by atoms with E-state index < -0.39 is 69.6 Å². The highest BCUT2D eigenvalue weighted by atomic mass is 19.1. The highest BCUT2D eigenvalue weighted by Gasteiger charge is 2.64. The minimum Gasteiger partial charge on any atom is -0.508 e. The van der Waals surface area contributed by atoms with Crippen LogP contribution in [0.25, 0.3) is 5.76 Å². The topological polar surface area (TPSA) is 161 Å². The molecule has 1 aromatic carbocycles. The number of aromatic hydroxyl groups is 1. The minimum atomic E-state index is -2.68. The molecule has 0 spiro atoms. The van der Waals surface area contributed by atoms with Crippen LogP contribution in [0, 0.1) is 17.7 Å². The van der Waals surface area contributed by atoms with Crippen LogP contribution in [-0.2, 0) is 20.8 Å². The summed E-state index contributed by atoms with van der Waals surface area (Å²) in [6, 6.07) is 0.758. The number of phenols is 1. The fraction of sp³-hybridized carbons (Fsp3) is 0.381. The van der Waals surface area contributed by atoms with Crippen LogP contribution in [0.3, 0.4) is 0 Å². The van der Waals surface area contributed by atoms with E-state index in [2.05, 4.69) is 0 Å².